The molecule has 0 unspecified atom stereocenters. The lowest BCUT2D eigenvalue weighted by atomic mass is 10.3. The SMILES string of the molecule is CCN(CC)C(=O)N(C(=O)NC[C]=O)c1ccccc1. The van der Waals surface area contributed by atoms with Gasteiger partial charge in [0.25, 0.3) is 0 Å². The van der Waals surface area contributed by atoms with Crippen LogP contribution in [0.4, 0.5) is 15.3 Å². The van der Waals surface area contributed by atoms with E-state index in [2.05, 4.69) is 5.32 Å². The highest BCUT2D eigenvalue weighted by Gasteiger charge is 2.26. The van der Waals surface area contributed by atoms with Crippen molar-refractivity contribution in [2.24, 2.45) is 0 Å². The number of rotatable bonds is 5. The number of carbonyl (C=O) groups excluding carboxylic acids is 3. The van der Waals surface area contributed by atoms with Crippen LogP contribution in [-0.2, 0) is 4.79 Å². The van der Waals surface area contributed by atoms with Crippen molar-refractivity contribution in [3.63, 3.8) is 0 Å². The lowest BCUT2D eigenvalue weighted by Crippen LogP contribution is -2.50. The molecule has 1 aromatic carbocycles. The van der Waals surface area contributed by atoms with Crippen molar-refractivity contribution in [1.29, 1.82) is 0 Å². The molecule has 0 aromatic heterocycles. The number of para-hydroxylation sites is 1. The van der Waals surface area contributed by atoms with Crippen molar-refractivity contribution in [2.75, 3.05) is 24.5 Å². The van der Waals surface area contributed by atoms with Crippen LogP contribution in [0.1, 0.15) is 13.8 Å². The van der Waals surface area contributed by atoms with Crippen molar-refractivity contribution in [3.05, 3.63) is 30.3 Å². The summed E-state index contributed by atoms with van der Waals surface area (Å²) in [7, 11) is 0. The van der Waals surface area contributed by atoms with E-state index in [9.17, 15) is 14.4 Å². The maximum absolute atomic E-state index is 12.4. The molecule has 0 aliphatic heterocycles. The van der Waals surface area contributed by atoms with Gasteiger partial charge in [0.1, 0.15) is 0 Å². The van der Waals surface area contributed by atoms with E-state index in [1.807, 2.05) is 13.8 Å². The first-order valence-corrected chi connectivity index (χ1v) is 6.42. The van der Waals surface area contributed by atoms with E-state index in [-0.39, 0.29) is 6.54 Å². The third-order valence-corrected chi connectivity index (χ3v) is 2.75. The fourth-order valence-electron chi connectivity index (χ4n) is 1.72. The van der Waals surface area contributed by atoms with Gasteiger partial charge in [-0.05, 0) is 26.0 Å². The summed E-state index contributed by atoms with van der Waals surface area (Å²) >= 11 is 0. The zero-order valence-electron chi connectivity index (χ0n) is 11.6. The third kappa shape index (κ3) is 3.81. The van der Waals surface area contributed by atoms with Gasteiger partial charge >= 0.3 is 12.1 Å². The second-order valence-electron chi connectivity index (χ2n) is 3.93. The monoisotopic (exact) mass is 276 g/mol. The van der Waals surface area contributed by atoms with E-state index in [1.54, 1.807) is 36.6 Å². The highest BCUT2D eigenvalue weighted by atomic mass is 16.2. The number of amides is 4. The molecule has 0 aliphatic rings. The molecule has 107 valence electrons. The molecule has 0 saturated carbocycles. The average molecular weight is 276 g/mol. The smallest absolute Gasteiger partial charge is 0.330 e. The van der Waals surface area contributed by atoms with E-state index in [4.69, 9.17) is 0 Å². The molecule has 4 amide bonds. The van der Waals surface area contributed by atoms with Crippen LogP contribution in [0.25, 0.3) is 0 Å². The first kappa shape index (κ1) is 15.7. The number of anilines is 1. The minimum Gasteiger partial charge on any atom is -0.330 e. The Morgan fingerprint density at radius 3 is 2.25 bits per heavy atom. The largest absolute Gasteiger partial charge is 0.332 e. The summed E-state index contributed by atoms with van der Waals surface area (Å²) in [6.45, 7) is 4.40. The molecule has 6 nitrogen and oxygen atoms in total. The highest BCUT2D eigenvalue weighted by molar-refractivity contribution is 6.13. The summed E-state index contributed by atoms with van der Waals surface area (Å²) in [6.07, 6.45) is 1.57. The molecular weight excluding hydrogens is 258 g/mol. The number of nitrogens with zero attached hydrogens (tertiary/aromatic N) is 2. The van der Waals surface area contributed by atoms with Crippen LogP contribution < -0.4 is 10.2 Å². The fraction of sp³-hybridized carbons (Fsp3) is 0.357. The minimum absolute atomic E-state index is 0.256. The molecular formula is C14H18N3O3. The lowest BCUT2D eigenvalue weighted by molar-refractivity contribution is 0.207. The molecule has 6 heteroatoms. The summed E-state index contributed by atoms with van der Waals surface area (Å²) in [6, 6.07) is 7.51. The Morgan fingerprint density at radius 2 is 1.75 bits per heavy atom. The summed E-state index contributed by atoms with van der Waals surface area (Å²) in [5, 5.41) is 2.33. The van der Waals surface area contributed by atoms with Crippen LogP contribution >= 0.6 is 0 Å². The quantitative estimate of drug-likeness (QED) is 0.891. The van der Waals surface area contributed by atoms with Crippen molar-refractivity contribution < 1.29 is 14.4 Å². The summed E-state index contributed by atoms with van der Waals surface area (Å²) in [5.41, 5.74) is 0.452. The standard InChI is InChI=1S/C14H18N3O3/c1-3-16(4-2)14(20)17(13(19)15-10-11-18)12-8-6-5-7-9-12/h5-9H,3-4,10H2,1-2H3,(H,15,19). The molecule has 1 rings (SSSR count). The van der Waals surface area contributed by atoms with Gasteiger partial charge in [-0.3, -0.25) is 4.79 Å². The van der Waals surface area contributed by atoms with E-state index in [1.165, 1.54) is 4.90 Å². The Bertz CT molecular complexity index is 458. The molecule has 0 fully saturated rings. The Morgan fingerprint density at radius 1 is 1.15 bits per heavy atom. The Kier molecular flexibility index (Phi) is 6.22. The maximum Gasteiger partial charge on any atom is 0.332 e. The zero-order chi connectivity index (χ0) is 15.0. The van der Waals surface area contributed by atoms with Gasteiger partial charge in [-0.15, -0.1) is 0 Å². The predicted octanol–water partition coefficient (Wildman–Crippen LogP) is 1.77. The predicted molar refractivity (Wildman–Crippen MR) is 76.3 cm³/mol. The molecule has 0 aliphatic carbocycles. The molecule has 20 heavy (non-hydrogen) atoms. The average Bonchev–Trinajstić information content (AvgIpc) is 2.47. The van der Waals surface area contributed by atoms with Gasteiger partial charge in [-0.1, -0.05) is 18.2 Å². The molecule has 0 saturated heterocycles. The fourth-order valence-corrected chi connectivity index (χ4v) is 1.72. The van der Waals surface area contributed by atoms with Crippen LogP contribution in [0.3, 0.4) is 0 Å². The van der Waals surface area contributed by atoms with Crippen LogP contribution in [0.15, 0.2) is 30.3 Å². The topological polar surface area (TPSA) is 69.7 Å². The van der Waals surface area contributed by atoms with Crippen LogP contribution in [0.2, 0.25) is 0 Å². The van der Waals surface area contributed by atoms with Crippen molar-refractivity contribution in [3.8, 4) is 0 Å². The van der Waals surface area contributed by atoms with Crippen molar-refractivity contribution in [1.82, 2.24) is 10.2 Å². The Hall–Kier alpha value is -2.37. The molecule has 0 heterocycles. The van der Waals surface area contributed by atoms with E-state index < -0.39 is 12.1 Å². The van der Waals surface area contributed by atoms with Crippen molar-refractivity contribution in [2.45, 2.75) is 13.8 Å². The normalized spacial score (nSPS) is 9.70. The van der Waals surface area contributed by atoms with Gasteiger partial charge in [0, 0.05) is 13.1 Å². The first-order valence-electron chi connectivity index (χ1n) is 6.42. The maximum atomic E-state index is 12.4. The molecule has 1 radical (unpaired) electrons. The Balaban J connectivity index is 3.04. The van der Waals surface area contributed by atoms with Gasteiger partial charge in [-0.2, -0.15) is 0 Å². The van der Waals surface area contributed by atoms with Crippen LogP contribution in [0, 0.1) is 0 Å². The number of urea groups is 2. The summed E-state index contributed by atoms with van der Waals surface area (Å²) < 4.78 is 0. The molecule has 0 atom stereocenters. The summed E-state index contributed by atoms with van der Waals surface area (Å²) in [5.74, 6) is 0. The third-order valence-electron chi connectivity index (χ3n) is 2.75. The zero-order valence-corrected chi connectivity index (χ0v) is 11.6. The van der Waals surface area contributed by atoms with Gasteiger partial charge in [0.05, 0.1) is 12.2 Å². The molecule has 0 spiro atoms. The van der Waals surface area contributed by atoms with Gasteiger partial charge in [0.2, 0.25) is 6.29 Å². The minimum atomic E-state index is -0.642. The van der Waals surface area contributed by atoms with E-state index >= 15 is 0 Å². The van der Waals surface area contributed by atoms with Crippen LogP contribution in [0.5, 0.6) is 0 Å². The van der Waals surface area contributed by atoms with Crippen molar-refractivity contribution >= 4 is 24.0 Å². The van der Waals surface area contributed by atoms with Crippen LogP contribution in [-0.4, -0.2) is 42.9 Å². The number of nitrogens with one attached hydrogen (secondary N) is 1. The van der Waals surface area contributed by atoms with Gasteiger partial charge in [-0.25, -0.2) is 14.5 Å². The first-order chi connectivity index (χ1) is 9.65. The number of hydrogen-bond donors (Lipinski definition) is 1. The number of hydrogen-bond acceptors (Lipinski definition) is 3. The summed E-state index contributed by atoms with van der Waals surface area (Å²) in [4.78, 5) is 37.2. The molecule has 0 bridgehead atoms. The second kappa shape index (κ2) is 7.93. The van der Waals surface area contributed by atoms with Gasteiger partial charge < -0.3 is 10.2 Å². The second-order valence-corrected chi connectivity index (χ2v) is 3.93. The number of imide groups is 1. The van der Waals surface area contributed by atoms with E-state index in [0.29, 0.717) is 18.8 Å². The van der Waals surface area contributed by atoms with Gasteiger partial charge in [0.15, 0.2) is 0 Å². The lowest BCUT2D eigenvalue weighted by Gasteiger charge is -2.27. The molecule has 1 N–H and O–H groups in total. The Labute approximate surface area is 118 Å². The van der Waals surface area contributed by atoms with E-state index in [0.717, 1.165) is 4.90 Å². The molecule has 1 aromatic rings. The number of carbonyl (C=O) groups is 2. The highest BCUT2D eigenvalue weighted by Crippen LogP contribution is 2.15. The number of benzene rings is 1.